The zero-order chi connectivity index (χ0) is 9.80. The van der Waals surface area contributed by atoms with Gasteiger partial charge in [-0.25, -0.2) is 0 Å². The maximum absolute atomic E-state index is 11.5. The average molecular weight is 198 g/mol. The first-order valence-electron chi connectivity index (χ1n) is 5.46. The van der Waals surface area contributed by atoms with Gasteiger partial charge in [0.25, 0.3) is 0 Å². The van der Waals surface area contributed by atoms with Crippen molar-refractivity contribution in [3.8, 4) is 0 Å². The van der Waals surface area contributed by atoms with Gasteiger partial charge < -0.3 is 15.4 Å². The topological polar surface area (TPSA) is 50.4 Å². The van der Waals surface area contributed by atoms with E-state index in [1.54, 1.807) is 0 Å². The van der Waals surface area contributed by atoms with E-state index >= 15 is 0 Å². The van der Waals surface area contributed by atoms with Gasteiger partial charge in [-0.1, -0.05) is 0 Å². The number of hydrogen-bond acceptors (Lipinski definition) is 3. The molecule has 0 bridgehead atoms. The van der Waals surface area contributed by atoms with Gasteiger partial charge in [0, 0.05) is 19.2 Å². The summed E-state index contributed by atoms with van der Waals surface area (Å²) < 4.78 is 5.41. The molecule has 2 atom stereocenters. The Balaban J connectivity index is 1.66. The summed E-state index contributed by atoms with van der Waals surface area (Å²) >= 11 is 0. The lowest BCUT2D eigenvalue weighted by Gasteiger charge is -2.13. The molecule has 2 heterocycles. The Hall–Kier alpha value is -0.610. The minimum Gasteiger partial charge on any atom is -0.378 e. The van der Waals surface area contributed by atoms with Crippen molar-refractivity contribution in [1.29, 1.82) is 0 Å². The minimum absolute atomic E-state index is 0.144. The summed E-state index contributed by atoms with van der Waals surface area (Å²) in [4.78, 5) is 11.5. The standard InChI is InChI=1S/C10H18N2O2/c13-10(6-9-2-1-5-14-9)12-8-3-4-11-7-8/h8-9,11H,1-7H2,(H,12,13)/t8-,9?/m1/s1. The van der Waals surface area contributed by atoms with Gasteiger partial charge >= 0.3 is 0 Å². The maximum Gasteiger partial charge on any atom is 0.222 e. The fourth-order valence-electron chi connectivity index (χ4n) is 2.08. The summed E-state index contributed by atoms with van der Waals surface area (Å²) in [5.41, 5.74) is 0. The van der Waals surface area contributed by atoms with Crippen LogP contribution in [-0.2, 0) is 9.53 Å². The quantitative estimate of drug-likeness (QED) is 0.673. The number of carbonyl (C=O) groups excluding carboxylic acids is 1. The zero-order valence-electron chi connectivity index (χ0n) is 8.42. The molecule has 14 heavy (non-hydrogen) atoms. The summed E-state index contributed by atoms with van der Waals surface area (Å²) in [6.45, 7) is 2.76. The smallest absolute Gasteiger partial charge is 0.222 e. The third-order valence-corrected chi connectivity index (χ3v) is 2.86. The molecular formula is C10H18N2O2. The normalized spacial score (nSPS) is 32.0. The van der Waals surface area contributed by atoms with Crippen molar-refractivity contribution in [3.63, 3.8) is 0 Å². The van der Waals surface area contributed by atoms with Gasteiger partial charge in [-0.3, -0.25) is 4.79 Å². The minimum atomic E-state index is 0.144. The van der Waals surface area contributed by atoms with E-state index in [1.165, 1.54) is 0 Å². The Morgan fingerprint density at radius 3 is 3.07 bits per heavy atom. The third kappa shape index (κ3) is 2.69. The van der Waals surface area contributed by atoms with Crippen molar-refractivity contribution in [2.45, 2.75) is 37.8 Å². The van der Waals surface area contributed by atoms with E-state index in [9.17, 15) is 4.79 Å². The summed E-state index contributed by atoms with van der Waals surface area (Å²) in [5, 5.41) is 6.25. The van der Waals surface area contributed by atoms with Crippen molar-refractivity contribution in [2.24, 2.45) is 0 Å². The highest BCUT2D eigenvalue weighted by atomic mass is 16.5. The average Bonchev–Trinajstić information content (AvgIpc) is 2.76. The van der Waals surface area contributed by atoms with Crippen LogP contribution in [0.5, 0.6) is 0 Å². The predicted octanol–water partition coefficient (Wildman–Crippen LogP) is 0.0336. The Kier molecular flexibility index (Phi) is 3.37. The first kappa shape index (κ1) is 9.93. The SMILES string of the molecule is O=C(CC1CCCO1)N[C@@H]1CCNC1. The number of amides is 1. The highest BCUT2D eigenvalue weighted by Gasteiger charge is 2.21. The van der Waals surface area contributed by atoms with Gasteiger partial charge in [0.2, 0.25) is 5.91 Å². The third-order valence-electron chi connectivity index (χ3n) is 2.86. The lowest BCUT2D eigenvalue weighted by molar-refractivity contribution is -0.123. The van der Waals surface area contributed by atoms with Crippen LogP contribution in [0.3, 0.4) is 0 Å². The number of rotatable bonds is 3. The summed E-state index contributed by atoms with van der Waals surface area (Å²) in [5.74, 6) is 0.144. The number of nitrogens with one attached hydrogen (secondary N) is 2. The van der Waals surface area contributed by atoms with Crippen molar-refractivity contribution in [1.82, 2.24) is 10.6 Å². The molecule has 2 aliphatic heterocycles. The van der Waals surface area contributed by atoms with Gasteiger partial charge in [-0.05, 0) is 25.8 Å². The van der Waals surface area contributed by atoms with Gasteiger partial charge in [0.1, 0.15) is 0 Å². The molecule has 80 valence electrons. The molecule has 0 aliphatic carbocycles. The zero-order valence-corrected chi connectivity index (χ0v) is 8.42. The predicted molar refractivity (Wildman–Crippen MR) is 53.0 cm³/mol. The molecule has 1 unspecified atom stereocenters. The Morgan fingerprint density at radius 1 is 1.50 bits per heavy atom. The monoisotopic (exact) mass is 198 g/mol. The highest BCUT2D eigenvalue weighted by Crippen LogP contribution is 2.15. The van der Waals surface area contributed by atoms with Gasteiger partial charge in [-0.2, -0.15) is 0 Å². The van der Waals surface area contributed by atoms with Crippen LogP contribution < -0.4 is 10.6 Å². The van der Waals surface area contributed by atoms with Gasteiger partial charge in [-0.15, -0.1) is 0 Å². The first-order chi connectivity index (χ1) is 6.84. The fourth-order valence-corrected chi connectivity index (χ4v) is 2.08. The van der Waals surface area contributed by atoms with Crippen LogP contribution in [0, 0.1) is 0 Å². The van der Waals surface area contributed by atoms with E-state index in [2.05, 4.69) is 10.6 Å². The van der Waals surface area contributed by atoms with Crippen molar-refractivity contribution in [2.75, 3.05) is 19.7 Å². The summed E-state index contributed by atoms with van der Waals surface area (Å²) in [6.07, 6.45) is 3.90. The molecule has 0 aromatic rings. The van der Waals surface area contributed by atoms with Crippen molar-refractivity contribution >= 4 is 5.91 Å². The Morgan fingerprint density at radius 2 is 2.43 bits per heavy atom. The molecule has 2 fully saturated rings. The lowest BCUT2D eigenvalue weighted by atomic mass is 10.1. The van der Waals surface area contributed by atoms with E-state index in [0.29, 0.717) is 12.5 Å². The molecule has 0 saturated carbocycles. The van der Waals surface area contributed by atoms with Crippen LogP contribution >= 0.6 is 0 Å². The highest BCUT2D eigenvalue weighted by molar-refractivity contribution is 5.76. The second-order valence-electron chi connectivity index (χ2n) is 4.10. The van der Waals surface area contributed by atoms with Gasteiger partial charge in [0.05, 0.1) is 12.5 Å². The van der Waals surface area contributed by atoms with Crippen LogP contribution in [0.4, 0.5) is 0 Å². The largest absolute Gasteiger partial charge is 0.378 e. The molecular weight excluding hydrogens is 180 g/mol. The molecule has 2 aliphatic rings. The second kappa shape index (κ2) is 4.75. The van der Waals surface area contributed by atoms with E-state index in [1.807, 2.05) is 0 Å². The molecule has 2 rings (SSSR count). The number of carbonyl (C=O) groups is 1. The van der Waals surface area contributed by atoms with Crippen LogP contribution in [0.2, 0.25) is 0 Å². The van der Waals surface area contributed by atoms with E-state index in [-0.39, 0.29) is 12.0 Å². The van der Waals surface area contributed by atoms with Crippen LogP contribution in [0.15, 0.2) is 0 Å². The molecule has 2 saturated heterocycles. The van der Waals surface area contributed by atoms with Crippen LogP contribution in [0.1, 0.15) is 25.7 Å². The number of hydrogen-bond donors (Lipinski definition) is 2. The molecule has 0 spiro atoms. The Bertz CT molecular complexity index is 176. The van der Waals surface area contributed by atoms with E-state index in [0.717, 1.165) is 39.0 Å². The number of ether oxygens (including phenoxy) is 1. The maximum atomic E-state index is 11.5. The van der Waals surface area contributed by atoms with Crippen molar-refractivity contribution in [3.05, 3.63) is 0 Å². The molecule has 4 heteroatoms. The van der Waals surface area contributed by atoms with Crippen molar-refractivity contribution < 1.29 is 9.53 Å². The Labute approximate surface area is 84.4 Å². The van der Waals surface area contributed by atoms with Gasteiger partial charge in [0.15, 0.2) is 0 Å². The van der Waals surface area contributed by atoms with E-state index < -0.39 is 0 Å². The molecule has 2 N–H and O–H groups in total. The lowest BCUT2D eigenvalue weighted by Crippen LogP contribution is -2.37. The molecule has 4 nitrogen and oxygen atoms in total. The molecule has 0 aromatic heterocycles. The first-order valence-corrected chi connectivity index (χ1v) is 5.46. The van der Waals surface area contributed by atoms with Crippen LogP contribution in [0.25, 0.3) is 0 Å². The second-order valence-corrected chi connectivity index (χ2v) is 4.10. The fraction of sp³-hybridized carbons (Fsp3) is 0.900. The molecule has 1 amide bonds. The summed E-state index contributed by atoms with van der Waals surface area (Å²) in [7, 11) is 0. The molecule has 0 radical (unpaired) electrons. The summed E-state index contributed by atoms with van der Waals surface area (Å²) in [6, 6.07) is 0.337. The molecule has 0 aromatic carbocycles. The van der Waals surface area contributed by atoms with Crippen LogP contribution in [-0.4, -0.2) is 37.7 Å². The van der Waals surface area contributed by atoms with E-state index in [4.69, 9.17) is 4.74 Å².